The van der Waals surface area contributed by atoms with Crippen LogP contribution in [0.2, 0.25) is 10.0 Å². The van der Waals surface area contributed by atoms with Gasteiger partial charge < -0.3 is 15.2 Å². The van der Waals surface area contributed by atoms with Crippen molar-refractivity contribution in [1.82, 2.24) is 0 Å². The standard InChI is InChI=1S/C14H11Cl2NO3/c1-20-13-6-8(15)2-4-10(13)14(19)17-9-3-5-11(16)12(18)7-9/h2-7,18H,1H3,(H,17,19). The van der Waals surface area contributed by atoms with Crippen LogP contribution in [0.15, 0.2) is 36.4 Å². The van der Waals surface area contributed by atoms with Crippen molar-refractivity contribution >= 4 is 34.8 Å². The molecule has 0 atom stereocenters. The molecule has 0 heterocycles. The molecule has 0 unspecified atom stereocenters. The summed E-state index contributed by atoms with van der Waals surface area (Å²) >= 11 is 11.5. The zero-order valence-corrected chi connectivity index (χ0v) is 12.0. The summed E-state index contributed by atoms with van der Waals surface area (Å²) in [4.78, 5) is 12.2. The highest BCUT2D eigenvalue weighted by Crippen LogP contribution is 2.28. The van der Waals surface area contributed by atoms with Crippen LogP contribution in [0.3, 0.4) is 0 Å². The fourth-order valence-corrected chi connectivity index (χ4v) is 1.92. The number of carbonyl (C=O) groups is 1. The summed E-state index contributed by atoms with van der Waals surface area (Å²) in [5, 5.41) is 12.8. The molecule has 0 saturated carbocycles. The van der Waals surface area contributed by atoms with E-state index in [2.05, 4.69) is 5.32 Å². The molecule has 0 fully saturated rings. The molecule has 0 aliphatic carbocycles. The molecule has 0 bridgehead atoms. The third-order valence-corrected chi connectivity index (χ3v) is 3.17. The Labute approximate surface area is 125 Å². The molecule has 0 aliphatic heterocycles. The Bertz CT molecular complexity index is 659. The van der Waals surface area contributed by atoms with Crippen molar-refractivity contribution in [2.45, 2.75) is 0 Å². The van der Waals surface area contributed by atoms with Crippen molar-refractivity contribution in [3.05, 3.63) is 52.0 Å². The summed E-state index contributed by atoms with van der Waals surface area (Å²) < 4.78 is 5.11. The van der Waals surface area contributed by atoms with Crippen LogP contribution in [0.4, 0.5) is 5.69 Å². The van der Waals surface area contributed by atoms with E-state index in [4.69, 9.17) is 27.9 Å². The monoisotopic (exact) mass is 311 g/mol. The largest absolute Gasteiger partial charge is 0.506 e. The third kappa shape index (κ3) is 3.15. The molecule has 4 nitrogen and oxygen atoms in total. The van der Waals surface area contributed by atoms with Crippen molar-refractivity contribution in [2.75, 3.05) is 12.4 Å². The van der Waals surface area contributed by atoms with Crippen LogP contribution in [0.5, 0.6) is 11.5 Å². The van der Waals surface area contributed by atoms with Gasteiger partial charge in [0.1, 0.15) is 11.5 Å². The van der Waals surface area contributed by atoms with Crippen molar-refractivity contribution in [1.29, 1.82) is 0 Å². The Morgan fingerprint density at radius 1 is 1.20 bits per heavy atom. The van der Waals surface area contributed by atoms with Crippen molar-refractivity contribution in [3.63, 3.8) is 0 Å². The molecule has 2 rings (SSSR count). The Morgan fingerprint density at radius 2 is 1.95 bits per heavy atom. The van der Waals surface area contributed by atoms with Gasteiger partial charge in [-0.2, -0.15) is 0 Å². The summed E-state index contributed by atoms with van der Waals surface area (Å²) in [5.41, 5.74) is 0.764. The van der Waals surface area contributed by atoms with Gasteiger partial charge in [0, 0.05) is 16.8 Å². The van der Waals surface area contributed by atoms with Gasteiger partial charge in [0.05, 0.1) is 17.7 Å². The Kier molecular flexibility index (Phi) is 4.37. The van der Waals surface area contributed by atoms with Gasteiger partial charge in [0.25, 0.3) is 5.91 Å². The number of nitrogens with one attached hydrogen (secondary N) is 1. The van der Waals surface area contributed by atoms with E-state index < -0.39 is 0 Å². The zero-order valence-electron chi connectivity index (χ0n) is 10.5. The van der Waals surface area contributed by atoms with Crippen molar-refractivity contribution < 1.29 is 14.6 Å². The summed E-state index contributed by atoms with van der Waals surface area (Å²) in [6.07, 6.45) is 0. The lowest BCUT2D eigenvalue weighted by atomic mass is 10.2. The number of hydrogen-bond acceptors (Lipinski definition) is 3. The second-order valence-electron chi connectivity index (χ2n) is 3.96. The lowest BCUT2D eigenvalue weighted by Gasteiger charge is -2.10. The SMILES string of the molecule is COc1cc(Cl)ccc1C(=O)Nc1ccc(Cl)c(O)c1. The number of methoxy groups -OCH3 is 1. The minimum absolute atomic E-state index is 0.104. The molecule has 1 amide bonds. The zero-order chi connectivity index (χ0) is 14.7. The second-order valence-corrected chi connectivity index (χ2v) is 4.81. The van der Waals surface area contributed by atoms with Gasteiger partial charge in [0.15, 0.2) is 0 Å². The van der Waals surface area contributed by atoms with Gasteiger partial charge >= 0.3 is 0 Å². The molecule has 104 valence electrons. The molecule has 0 radical (unpaired) electrons. The number of hydrogen-bond donors (Lipinski definition) is 2. The number of halogens is 2. The average Bonchev–Trinajstić information content (AvgIpc) is 2.42. The van der Waals surface area contributed by atoms with Gasteiger partial charge in [0.2, 0.25) is 0 Å². The Balaban J connectivity index is 2.25. The van der Waals surface area contributed by atoms with Crippen molar-refractivity contribution in [3.8, 4) is 11.5 Å². The fraction of sp³-hybridized carbons (Fsp3) is 0.0714. The number of ether oxygens (including phenoxy) is 1. The maximum absolute atomic E-state index is 12.2. The number of benzene rings is 2. The number of aromatic hydroxyl groups is 1. The highest BCUT2D eigenvalue weighted by molar-refractivity contribution is 6.32. The molecule has 2 aromatic carbocycles. The summed E-state index contributed by atoms with van der Waals surface area (Å²) in [6.45, 7) is 0. The Morgan fingerprint density at radius 3 is 2.60 bits per heavy atom. The van der Waals surface area contributed by atoms with Crippen LogP contribution >= 0.6 is 23.2 Å². The molecule has 6 heteroatoms. The molecule has 2 N–H and O–H groups in total. The molecule has 0 spiro atoms. The van der Waals surface area contributed by atoms with E-state index >= 15 is 0 Å². The van der Waals surface area contributed by atoms with Crippen LogP contribution in [-0.4, -0.2) is 18.1 Å². The predicted octanol–water partition coefficient (Wildman–Crippen LogP) is 3.96. The fourth-order valence-electron chi connectivity index (χ4n) is 1.64. The molecular formula is C14H11Cl2NO3. The van der Waals surface area contributed by atoms with Crippen LogP contribution in [0.1, 0.15) is 10.4 Å². The number of anilines is 1. The van der Waals surface area contributed by atoms with Gasteiger partial charge in [-0.05, 0) is 30.3 Å². The van der Waals surface area contributed by atoms with Crippen LogP contribution < -0.4 is 10.1 Å². The minimum atomic E-state index is -0.375. The number of amides is 1. The molecule has 20 heavy (non-hydrogen) atoms. The number of carbonyl (C=O) groups excluding carboxylic acids is 1. The van der Waals surface area contributed by atoms with Crippen molar-refractivity contribution in [2.24, 2.45) is 0 Å². The van der Waals surface area contributed by atoms with Crippen LogP contribution in [-0.2, 0) is 0 Å². The number of phenols is 1. The lowest BCUT2D eigenvalue weighted by molar-refractivity contribution is 0.102. The first kappa shape index (κ1) is 14.5. The summed E-state index contributed by atoms with van der Waals surface area (Å²) in [5.74, 6) is -0.110. The second kappa shape index (κ2) is 6.03. The minimum Gasteiger partial charge on any atom is -0.506 e. The molecule has 0 aliphatic rings. The lowest BCUT2D eigenvalue weighted by Crippen LogP contribution is -2.13. The quantitative estimate of drug-likeness (QED) is 0.902. The maximum Gasteiger partial charge on any atom is 0.259 e. The van der Waals surface area contributed by atoms with Crippen LogP contribution in [0.25, 0.3) is 0 Å². The van der Waals surface area contributed by atoms with E-state index in [0.29, 0.717) is 22.0 Å². The topological polar surface area (TPSA) is 58.6 Å². The van der Waals surface area contributed by atoms with E-state index in [1.54, 1.807) is 24.3 Å². The van der Waals surface area contributed by atoms with Gasteiger partial charge in [-0.3, -0.25) is 4.79 Å². The highest BCUT2D eigenvalue weighted by Gasteiger charge is 2.13. The van der Waals surface area contributed by atoms with Gasteiger partial charge in [-0.15, -0.1) is 0 Å². The number of rotatable bonds is 3. The molecule has 0 saturated heterocycles. The molecule has 2 aromatic rings. The average molecular weight is 312 g/mol. The van der Waals surface area contributed by atoms with Gasteiger partial charge in [-0.25, -0.2) is 0 Å². The first-order valence-electron chi connectivity index (χ1n) is 5.64. The van der Waals surface area contributed by atoms with E-state index in [9.17, 15) is 9.90 Å². The normalized spacial score (nSPS) is 10.2. The van der Waals surface area contributed by atoms with Crippen LogP contribution in [0, 0.1) is 0 Å². The maximum atomic E-state index is 12.2. The molecule has 0 aromatic heterocycles. The first-order valence-corrected chi connectivity index (χ1v) is 6.40. The first-order chi connectivity index (χ1) is 9.51. The number of phenolic OH excluding ortho intramolecular Hbond substituents is 1. The van der Waals surface area contributed by atoms with E-state index in [1.807, 2.05) is 0 Å². The van der Waals surface area contributed by atoms with Gasteiger partial charge in [-0.1, -0.05) is 23.2 Å². The summed E-state index contributed by atoms with van der Waals surface area (Å²) in [6, 6.07) is 9.15. The predicted molar refractivity (Wildman–Crippen MR) is 79.1 cm³/mol. The third-order valence-electron chi connectivity index (χ3n) is 2.61. The Hall–Kier alpha value is -1.91. The molecular weight excluding hydrogens is 301 g/mol. The van der Waals surface area contributed by atoms with E-state index in [-0.39, 0.29) is 16.7 Å². The van der Waals surface area contributed by atoms with E-state index in [0.717, 1.165) is 0 Å². The smallest absolute Gasteiger partial charge is 0.259 e. The summed E-state index contributed by atoms with van der Waals surface area (Å²) in [7, 11) is 1.45. The highest BCUT2D eigenvalue weighted by atomic mass is 35.5. The van der Waals surface area contributed by atoms with E-state index in [1.165, 1.54) is 19.2 Å².